The van der Waals surface area contributed by atoms with Crippen molar-refractivity contribution in [1.29, 1.82) is 0 Å². The molecule has 0 fully saturated rings. The smallest absolute Gasteiger partial charge is 0.196 e. The van der Waals surface area contributed by atoms with Crippen molar-refractivity contribution in [2.45, 2.75) is 6.92 Å². The van der Waals surface area contributed by atoms with E-state index in [-0.39, 0.29) is 26.7 Å². The average molecular weight is 301 g/mol. The van der Waals surface area contributed by atoms with Gasteiger partial charge in [0.1, 0.15) is 11.6 Å². The molecular weight excluding hydrogens is 293 g/mol. The van der Waals surface area contributed by atoms with E-state index in [9.17, 15) is 13.6 Å². The molecule has 2 aromatic carbocycles. The molecule has 0 atom stereocenters. The van der Waals surface area contributed by atoms with Crippen LogP contribution in [-0.2, 0) is 0 Å². The zero-order valence-electron chi connectivity index (χ0n) is 9.81. The lowest BCUT2D eigenvalue weighted by Crippen LogP contribution is -2.05. The van der Waals surface area contributed by atoms with Crippen LogP contribution in [0.4, 0.5) is 8.78 Å². The van der Waals surface area contributed by atoms with E-state index in [1.165, 1.54) is 25.1 Å². The minimum Gasteiger partial charge on any atom is -0.288 e. The number of carbonyl (C=O) groups excluding carboxylic acids is 1. The van der Waals surface area contributed by atoms with Gasteiger partial charge in [0.2, 0.25) is 0 Å². The summed E-state index contributed by atoms with van der Waals surface area (Å²) in [7, 11) is 0. The van der Waals surface area contributed by atoms with Crippen LogP contribution in [0.1, 0.15) is 21.5 Å². The minimum atomic E-state index is -0.692. The van der Waals surface area contributed by atoms with Gasteiger partial charge in [-0.1, -0.05) is 29.3 Å². The van der Waals surface area contributed by atoms with Crippen LogP contribution in [0, 0.1) is 18.6 Å². The molecule has 19 heavy (non-hydrogen) atoms. The van der Waals surface area contributed by atoms with Crippen molar-refractivity contribution in [3.63, 3.8) is 0 Å². The fourth-order valence-corrected chi connectivity index (χ4v) is 2.10. The summed E-state index contributed by atoms with van der Waals surface area (Å²) in [5.41, 5.74) is 0.364. The Labute approximate surface area is 118 Å². The Morgan fingerprint density at radius 3 is 2.42 bits per heavy atom. The predicted octanol–water partition coefficient (Wildman–Crippen LogP) is 4.81. The Kier molecular flexibility index (Phi) is 3.88. The Morgan fingerprint density at radius 1 is 1.05 bits per heavy atom. The maximum atomic E-state index is 13.3. The summed E-state index contributed by atoms with van der Waals surface area (Å²) < 4.78 is 26.6. The maximum Gasteiger partial charge on any atom is 0.196 e. The molecular formula is C14H8Cl2F2O. The average Bonchev–Trinajstić information content (AvgIpc) is 2.36. The molecule has 0 aliphatic rings. The van der Waals surface area contributed by atoms with Crippen LogP contribution in [-0.4, -0.2) is 5.78 Å². The number of hydrogen-bond acceptors (Lipinski definition) is 1. The Hall–Kier alpha value is -1.45. The number of halogens is 4. The van der Waals surface area contributed by atoms with E-state index in [0.29, 0.717) is 0 Å². The minimum absolute atomic E-state index is 0.00502. The van der Waals surface area contributed by atoms with Crippen LogP contribution in [0.3, 0.4) is 0 Å². The van der Waals surface area contributed by atoms with Gasteiger partial charge in [0, 0.05) is 11.1 Å². The molecule has 0 aliphatic heterocycles. The van der Waals surface area contributed by atoms with Crippen molar-refractivity contribution >= 4 is 29.0 Å². The molecule has 0 N–H and O–H groups in total. The lowest BCUT2D eigenvalue weighted by Gasteiger charge is -2.08. The fourth-order valence-electron chi connectivity index (χ4n) is 1.66. The largest absolute Gasteiger partial charge is 0.288 e. The number of aryl methyl sites for hydroxylation is 1. The van der Waals surface area contributed by atoms with Gasteiger partial charge < -0.3 is 0 Å². The van der Waals surface area contributed by atoms with Gasteiger partial charge >= 0.3 is 0 Å². The van der Waals surface area contributed by atoms with Crippen LogP contribution < -0.4 is 0 Å². The van der Waals surface area contributed by atoms with Crippen molar-refractivity contribution < 1.29 is 13.6 Å². The molecule has 0 bridgehead atoms. The van der Waals surface area contributed by atoms with Gasteiger partial charge in [-0.2, -0.15) is 0 Å². The molecule has 2 rings (SSSR count). The van der Waals surface area contributed by atoms with Crippen LogP contribution >= 0.6 is 23.2 Å². The van der Waals surface area contributed by atoms with E-state index < -0.39 is 17.4 Å². The number of benzene rings is 2. The first-order valence-corrected chi connectivity index (χ1v) is 6.11. The van der Waals surface area contributed by atoms with Gasteiger partial charge in [-0.25, -0.2) is 8.78 Å². The van der Waals surface area contributed by atoms with Gasteiger partial charge in [-0.15, -0.1) is 0 Å². The SMILES string of the molecule is Cc1cc(C(=O)c2cccc(F)c2Cl)c(Cl)cc1F. The zero-order chi connectivity index (χ0) is 14.2. The first-order chi connectivity index (χ1) is 8.91. The van der Waals surface area contributed by atoms with Gasteiger partial charge in [0.25, 0.3) is 0 Å². The quantitative estimate of drug-likeness (QED) is 0.727. The number of rotatable bonds is 2. The van der Waals surface area contributed by atoms with Crippen molar-refractivity contribution in [2.75, 3.05) is 0 Å². The first kappa shape index (κ1) is 14.0. The monoisotopic (exact) mass is 300 g/mol. The summed E-state index contributed by atoms with van der Waals surface area (Å²) in [5.74, 6) is -1.74. The highest BCUT2D eigenvalue weighted by Gasteiger charge is 2.19. The summed E-state index contributed by atoms with van der Waals surface area (Å²) in [6.45, 7) is 1.51. The lowest BCUT2D eigenvalue weighted by molar-refractivity contribution is 0.103. The topological polar surface area (TPSA) is 17.1 Å². The van der Waals surface area contributed by atoms with Gasteiger partial charge in [-0.05, 0) is 36.8 Å². The van der Waals surface area contributed by atoms with Crippen LogP contribution in [0.25, 0.3) is 0 Å². The second-order valence-corrected chi connectivity index (χ2v) is 4.80. The van der Waals surface area contributed by atoms with E-state index in [1.54, 1.807) is 0 Å². The molecule has 5 heteroatoms. The van der Waals surface area contributed by atoms with Crippen LogP contribution in [0.2, 0.25) is 10.0 Å². The Morgan fingerprint density at radius 2 is 1.74 bits per heavy atom. The van der Waals surface area contributed by atoms with Crippen molar-refractivity contribution in [2.24, 2.45) is 0 Å². The normalized spacial score (nSPS) is 10.6. The van der Waals surface area contributed by atoms with E-state index in [0.717, 1.165) is 12.1 Å². The molecule has 0 saturated heterocycles. The summed E-state index contributed by atoms with van der Waals surface area (Å²) in [4.78, 5) is 12.2. The second kappa shape index (κ2) is 5.27. The van der Waals surface area contributed by atoms with Crippen molar-refractivity contribution in [1.82, 2.24) is 0 Å². The van der Waals surface area contributed by atoms with Crippen molar-refractivity contribution in [3.05, 3.63) is 68.7 Å². The van der Waals surface area contributed by atoms with Crippen LogP contribution in [0.15, 0.2) is 30.3 Å². The maximum absolute atomic E-state index is 13.3. The summed E-state index contributed by atoms with van der Waals surface area (Å²) in [5, 5.41) is -0.307. The molecule has 0 saturated carbocycles. The molecule has 98 valence electrons. The third-order valence-corrected chi connectivity index (χ3v) is 3.39. The zero-order valence-corrected chi connectivity index (χ0v) is 11.3. The van der Waals surface area contributed by atoms with E-state index in [1.807, 2.05) is 0 Å². The number of hydrogen-bond donors (Lipinski definition) is 0. The summed E-state index contributed by atoms with van der Waals surface area (Å²) in [6, 6.07) is 6.29. The number of ketones is 1. The van der Waals surface area contributed by atoms with Crippen LogP contribution in [0.5, 0.6) is 0 Å². The standard InChI is InChI=1S/C14H8Cl2F2O/c1-7-5-9(10(15)6-12(7)18)14(19)8-3-2-4-11(17)13(8)16/h2-6H,1H3. The lowest BCUT2D eigenvalue weighted by atomic mass is 10.0. The molecule has 1 nitrogen and oxygen atoms in total. The van der Waals surface area contributed by atoms with Crippen molar-refractivity contribution in [3.8, 4) is 0 Å². The Balaban J connectivity index is 2.56. The van der Waals surface area contributed by atoms with Gasteiger partial charge in [-0.3, -0.25) is 4.79 Å². The predicted molar refractivity (Wildman–Crippen MR) is 71.0 cm³/mol. The number of carbonyl (C=O) groups is 1. The van der Waals surface area contributed by atoms with Gasteiger partial charge in [0.15, 0.2) is 5.78 Å². The molecule has 2 aromatic rings. The summed E-state index contributed by atoms with van der Waals surface area (Å²) in [6.07, 6.45) is 0. The molecule has 0 aliphatic carbocycles. The third kappa shape index (κ3) is 2.62. The second-order valence-electron chi connectivity index (χ2n) is 4.01. The molecule has 0 radical (unpaired) electrons. The molecule has 0 spiro atoms. The van der Waals surface area contributed by atoms with E-state index >= 15 is 0 Å². The fraction of sp³-hybridized carbons (Fsp3) is 0.0714. The highest BCUT2D eigenvalue weighted by Crippen LogP contribution is 2.27. The van der Waals surface area contributed by atoms with E-state index in [2.05, 4.69) is 0 Å². The highest BCUT2D eigenvalue weighted by molar-refractivity contribution is 6.38. The summed E-state index contributed by atoms with van der Waals surface area (Å²) >= 11 is 11.6. The third-order valence-electron chi connectivity index (χ3n) is 2.69. The molecule has 0 heterocycles. The first-order valence-electron chi connectivity index (χ1n) is 5.36. The molecule has 0 amide bonds. The Bertz CT molecular complexity index is 669. The molecule has 0 unspecified atom stereocenters. The molecule has 0 aromatic heterocycles. The highest BCUT2D eigenvalue weighted by atomic mass is 35.5. The van der Waals surface area contributed by atoms with Gasteiger partial charge in [0.05, 0.1) is 10.0 Å². The van der Waals surface area contributed by atoms with E-state index in [4.69, 9.17) is 23.2 Å².